The Kier molecular flexibility index (Phi) is 5.55. The van der Waals surface area contributed by atoms with Crippen LogP contribution >= 0.6 is 0 Å². The molecule has 23 heavy (non-hydrogen) atoms. The van der Waals surface area contributed by atoms with Crippen molar-refractivity contribution in [2.75, 3.05) is 12.8 Å². The van der Waals surface area contributed by atoms with Crippen LogP contribution in [-0.4, -0.2) is 32.0 Å². The van der Waals surface area contributed by atoms with Crippen molar-refractivity contribution in [2.24, 2.45) is 0 Å². The number of amides is 1. The summed E-state index contributed by atoms with van der Waals surface area (Å²) in [5, 5.41) is 0. The van der Waals surface area contributed by atoms with Crippen LogP contribution in [0.4, 0.5) is 0 Å². The smallest absolute Gasteiger partial charge is 0.255 e. The Labute approximate surface area is 137 Å². The summed E-state index contributed by atoms with van der Waals surface area (Å²) < 4.78 is 24.7. The van der Waals surface area contributed by atoms with Gasteiger partial charge in [0.1, 0.15) is 0 Å². The molecule has 122 valence electrons. The number of nitrogens with zero attached hydrogens (tertiary/aromatic N) is 1. The van der Waals surface area contributed by atoms with E-state index in [0.29, 0.717) is 13.0 Å². The van der Waals surface area contributed by atoms with Gasteiger partial charge < -0.3 is 4.90 Å². The number of carbonyl (C=O) groups excluding carboxylic acids is 1. The largest absolute Gasteiger partial charge is 0.337 e. The Morgan fingerprint density at radius 3 is 2.26 bits per heavy atom. The van der Waals surface area contributed by atoms with Crippen molar-refractivity contribution in [3.8, 4) is 0 Å². The van der Waals surface area contributed by atoms with Crippen LogP contribution in [0.1, 0.15) is 29.3 Å². The minimum Gasteiger partial charge on any atom is -0.337 e. The molecule has 0 saturated carbocycles. The molecule has 0 aliphatic carbocycles. The van der Waals surface area contributed by atoms with Crippen molar-refractivity contribution < 1.29 is 13.2 Å². The number of sulfone groups is 1. The maximum absolute atomic E-state index is 12.7. The van der Waals surface area contributed by atoms with Gasteiger partial charge >= 0.3 is 0 Å². The van der Waals surface area contributed by atoms with E-state index >= 15 is 0 Å². The molecule has 0 radical (unpaired) electrons. The molecule has 0 aromatic heterocycles. The average molecular weight is 331 g/mol. The first-order valence-electron chi connectivity index (χ1n) is 7.57. The zero-order valence-electron chi connectivity index (χ0n) is 13.4. The van der Waals surface area contributed by atoms with Crippen molar-refractivity contribution in [1.82, 2.24) is 4.90 Å². The third-order valence-electron chi connectivity index (χ3n) is 3.53. The Morgan fingerprint density at radius 1 is 1.00 bits per heavy atom. The van der Waals surface area contributed by atoms with E-state index in [1.165, 1.54) is 11.0 Å². The fourth-order valence-electron chi connectivity index (χ4n) is 2.43. The summed E-state index contributed by atoms with van der Waals surface area (Å²) in [4.78, 5) is 14.3. The minimum atomic E-state index is -3.44. The van der Waals surface area contributed by atoms with Crippen LogP contribution in [0.2, 0.25) is 0 Å². The molecule has 5 heteroatoms. The van der Waals surface area contributed by atoms with E-state index in [4.69, 9.17) is 0 Å². The summed E-state index contributed by atoms with van der Waals surface area (Å²) in [7, 11) is -1.76. The van der Waals surface area contributed by atoms with E-state index in [-0.39, 0.29) is 22.1 Å². The lowest BCUT2D eigenvalue weighted by Gasteiger charge is -2.19. The molecule has 0 N–H and O–H groups in total. The molecule has 0 spiro atoms. The summed E-state index contributed by atoms with van der Waals surface area (Å²) in [5.41, 5.74) is 1.23. The van der Waals surface area contributed by atoms with Crippen molar-refractivity contribution in [3.05, 3.63) is 65.7 Å². The van der Waals surface area contributed by atoms with Crippen LogP contribution in [0, 0.1) is 0 Å². The zero-order chi connectivity index (χ0) is 16.9. The van der Waals surface area contributed by atoms with E-state index in [9.17, 15) is 13.2 Å². The molecule has 0 fully saturated rings. The maximum atomic E-state index is 12.7. The molecule has 0 unspecified atom stereocenters. The SMILES string of the molecule is CCCS(=O)(=O)c1ccccc1C(=O)N(C)Cc1ccccc1. The van der Waals surface area contributed by atoms with Gasteiger partial charge in [-0.3, -0.25) is 4.79 Å². The number of rotatable bonds is 6. The van der Waals surface area contributed by atoms with Gasteiger partial charge in [0.25, 0.3) is 5.91 Å². The van der Waals surface area contributed by atoms with Crippen molar-refractivity contribution >= 4 is 15.7 Å². The van der Waals surface area contributed by atoms with Gasteiger partial charge in [0.05, 0.1) is 16.2 Å². The van der Waals surface area contributed by atoms with Crippen molar-refractivity contribution in [2.45, 2.75) is 24.8 Å². The number of hydrogen-bond donors (Lipinski definition) is 0. The second-order valence-electron chi connectivity index (χ2n) is 5.46. The summed E-state index contributed by atoms with van der Waals surface area (Å²) >= 11 is 0. The number of carbonyl (C=O) groups is 1. The minimum absolute atomic E-state index is 0.0414. The van der Waals surface area contributed by atoms with Crippen LogP contribution in [-0.2, 0) is 16.4 Å². The summed E-state index contributed by atoms with van der Waals surface area (Å²) in [6, 6.07) is 16.0. The molecule has 0 bridgehead atoms. The summed E-state index contributed by atoms with van der Waals surface area (Å²) in [6.45, 7) is 2.24. The maximum Gasteiger partial charge on any atom is 0.255 e. The monoisotopic (exact) mass is 331 g/mol. The summed E-state index contributed by atoms with van der Waals surface area (Å²) in [6.07, 6.45) is 0.519. The highest BCUT2D eigenvalue weighted by Gasteiger charge is 2.23. The molecular weight excluding hydrogens is 310 g/mol. The van der Waals surface area contributed by atoms with Crippen LogP contribution in [0.5, 0.6) is 0 Å². The molecule has 0 atom stereocenters. The first kappa shape index (κ1) is 17.2. The number of hydrogen-bond acceptors (Lipinski definition) is 3. The second kappa shape index (κ2) is 7.42. The third kappa shape index (κ3) is 4.20. The highest BCUT2D eigenvalue weighted by molar-refractivity contribution is 7.91. The first-order valence-corrected chi connectivity index (χ1v) is 9.22. The van der Waals surface area contributed by atoms with E-state index in [1.54, 1.807) is 25.2 Å². The number of benzene rings is 2. The molecule has 0 saturated heterocycles. The zero-order valence-corrected chi connectivity index (χ0v) is 14.2. The predicted octanol–water partition coefficient (Wildman–Crippen LogP) is 3.14. The lowest BCUT2D eigenvalue weighted by atomic mass is 10.1. The highest BCUT2D eigenvalue weighted by atomic mass is 32.2. The van der Waals surface area contributed by atoms with Crippen LogP contribution in [0.25, 0.3) is 0 Å². The van der Waals surface area contributed by atoms with Crippen molar-refractivity contribution in [1.29, 1.82) is 0 Å². The molecule has 2 rings (SSSR count). The molecule has 4 nitrogen and oxygen atoms in total. The van der Waals surface area contributed by atoms with E-state index in [2.05, 4.69) is 0 Å². The van der Waals surface area contributed by atoms with Gasteiger partial charge in [-0.1, -0.05) is 49.4 Å². The standard InChI is InChI=1S/C18H21NO3S/c1-3-13-23(21,22)17-12-8-7-11-16(17)18(20)19(2)14-15-9-5-4-6-10-15/h4-12H,3,13-14H2,1-2H3. The van der Waals surface area contributed by atoms with Crippen LogP contribution < -0.4 is 0 Å². The fraction of sp³-hybridized carbons (Fsp3) is 0.278. The molecule has 1 amide bonds. The van der Waals surface area contributed by atoms with Gasteiger partial charge in [-0.05, 0) is 24.1 Å². The normalized spacial score (nSPS) is 11.2. The Bertz CT molecular complexity index is 770. The van der Waals surface area contributed by atoms with Gasteiger partial charge in [0.2, 0.25) is 0 Å². The highest BCUT2D eigenvalue weighted by Crippen LogP contribution is 2.20. The molecule has 2 aromatic carbocycles. The van der Waals surface area contributed by atoms with E-state index in [0.717, 1.165) is 5.56 Å². The van der Waals surface area contributed by atoms with Crippen LogP contribution in [0.15, 0.2) is 59.5 Å². The van der Waals surface area contributed by atoms with E-state index < -0.39 is 9.84 Å². The van der Waals surface area contributed by atoms with Gasteiger partial charge in [-0.15, -0.1) is 0 Å². The van der Waals surface area contributed by atoms with Crippen LogP contribution in [0.3, 0.4) is 0 Å². The third-order valence-corrected chi connectivity index (χ3v) is 5.51. The topological polar surface area (TPSA) is 54.5 Å². The van der Waals surface area contributed by atoms with Crippen molar-refractivity contribution in [3.63, 3.8) is 0 Å². The fourth-order valence-corrected chi connectivity index (χ4v) is 3.96. The Morgan fingerprint density at radius 2 is 1.61 bits per heavy atom. The van der Waals surface area contributed by atoms with E-state index in [1.807, 2.05) is 37.3 Å². The lowest BCUT2D eigenvalue weighted by molar-refractivity contribution is 0.0781. The van der Waals surface area contributed by atoms with Gasteiger partial charge in [-0.2, -0.15) is 0 Å². The molecule has 2 aromatic rings. The Balaban J connectivity index is 2.29. The van der Waals surface area contributed by atoms with Gasteiger partial charge in [0, 0.05) is 13.6 Å². The molecular formula is C18H21NO3S. The molecule has 0 aliphatic heterocycles. The van der Waals surface area contributed by atoms with Gasteiger partial charge in [-0.25, -0.2) is 8.42 Å². The summed E-state index contributed by atoms with van der Waals surface area (Å²) in [5.74, 6) is -0.246. The van der Waals surface area contributed by atoms with Gasteiger partial charge in [0.15, 0.2) is 9.84 Å². The first-order chi connectivity index (χ1) is 11.0. The lowest BCUT2D eigenvalue weighted by Crippen LogP contribution is -2.28. The Hall–Kier alpha value is -2.14. The predicted molar refractivity (Wildman–Crippen MR) is 91.0 cm³/mol. The molecule has 0 heterocycles. The quantitative estimate of drug-likeness (QED) is 0.817. The average Bonchev–Trinajstić information content (AvgIpc) is 2.55. The molecule has 0 aliphatic rings. The second-order valence-corrected chi connectivity index (χ2v) is 7.54.